The van der Waals surface area contributed by atoms with Gasteiger partial charge in [-0.25, -0.2) is 9.97 Å². The Bertz CT molecular complexity index is 1230. The van der Waals surface area contributed by atoms with E-state index in [0.29, 0.717) is 22.8 Å². The summed E-state index contributed by atoms with van der Waals surface area (Å²) >= 11 is 5.89. The van der Waals surface area contributed by atoms with Crippen molar-refractivity contribution in [2.45, 2.75) is 13.5 Å². The summed E-state index contributed by atoms with van der Waals surface area (Å²) in [5, 5.41) is 16.2. The van der Waals surface area contributed by atoms with Crippen molar-refractivity contribution in [1.29, 1.82) is 0 Å². The van der Waals surface area contributed by atoms with Crippen molar-refractivity contribution in [1.82, 2.24) is 15.0 Å². The highest BCUT2D eigenvalue weighted by Gasteiger charge is 2.25. The molecule has 8 nitrogen and oxygen atoms in total. The summed E-state index contributed by atoms with van der Waals surface area (Å²) in [4.78, 5) is 23.7. The molecule has 9 heteroatoms. The first-order valence-electron chi connectivity index (χ1n) is 9.03. The average Bonchev–Trinajstić information content (AvgIpc) is 2.73. The summed E-state index contributed by atoms with van der Waals surface area (Å²) in [7, 11) is 0. The first-order valence-corrected chi connectivity index (χ1v) is 9.41. The lowest BCUT2D eigenvalue weighted by molar-refractivity contribution is -0.385. The van der Waals surface area contributed by atoms with Crippen LogP contribution in [0.1, 0.15) is 11.3 Å². The Balaban J connectivity index is 1.67. The fourth-order valence-corrected chi connectivity index (χ4v) is 3.05. The van der Waals surface area contributed by atoms with Crippen LogP contribution in [0.5, 0.6) is 11.6 Å². The van der Waals surface area contributed by atoms with E-state index < -0.39 is 4.92 Å². The van der Waals surface area contributed by atoms with Crippen molar-refractivity contribution in [2.24, 2.45) is 0 Å². The maximum atomic E-state index is 11.8. The summed E-state index contributed by atoms with van der Waals surface area (Å²) in [5.41, 5.74) is 1.95. The predicted molar refractivity (Wildman–Crippen MR) is 114 cm³/mol. The van der Waals surface area contributed by atoms with Crippen LogP contribution in [0.25, 0.3) is 10.9 Å². The maximum absolute atomic E-state index is 11.8. The second kappa shape index (κ2) is 8.30. The van der Waals surface area contributed by atoms with Gasteiger partial charge in [-0.05, 0) is 36.8 Å². The van der Waals surface area contributed by atoms with Gasteiger partial charge in [0.15, 0.2) is 5.75 Å². The molecule has 30 heavy (non-hydrogen) atoms. The molecule has 150 valence electrons. The van der Waals surface area contributed by atoms with Crippen LogP contribution in [0.2, 0.25) is 5.02 Å². The molecule has 2 heterocycles. The maximum Gasteiger partial charge on any atom is 0.373 e. The monoisotopic (exact) mass is 421 g/mol. The molecule has 0 bridgehead atoms. The molecule has 4 rings (SSSR count). The Morgan fingerprint density at radius 3 is 2.67 bits per heavy atom. The molecule has 0 atom stereocenters. The lowest BCUT2D eigenvalue weighted by Crippen LogP contribution is -2.07. The van der Waals surface area contributed by atoms with E-state index in [0.717, 1.165) is 16.6 Å². The van der Waals surface area contributed by atoms with Gasteiger partial charge >= 0.3 is 11.6 Å². The largest absolute Gasteiger partial charge is 0.431 e. The number of fused-ring (bicyclic) bond motifs is 1. The molecule has 0 spiro atoms. The molecule has 0 aliphatic heterocycles. The van der Waals surface area contributed by atoms with Crippen molar-refractivity contribution in [3.05, 3.63) is 87.3 Å². The Kier molecular flexibility index (Phi) is 5.40. The molecule has 0 aliphatic carbocycles. The number of aromatic nitrogens is 3. The summed E-state index contributed by atoms with van der Waals surface area (Å²) in [6.07, 6.45) is 1.22. The van der Waals surface area contributed by atoms with Crippen LogP contribution in [0.3, 0.4) is 0 Å². The number of nitro groups is 1. The van der Waals surface area contributed by atoms with E-state index in [2.05, 4.69) is 20.3 Å². The third-order valence-corrected chi connectivity index (χ3v) is 4.63. The van der Waals surface area contributed by atoms with Crippen molar-refractivity contribution in [2.75, 3.05) is 5.32 Å². The van der Waals surface area contributed by atoms with E-state index in [9.17, 15) is 10.1 Å². The lowest BCUT2D eigenvalue weighted by Gasteiger charge is -2.11. The van der Waals surface area contributed by atoms with Crippen LogP contribution in [-0.4, -0.2) is 19.9 Å². The molecular formula is C21H16ClN5O3. The average molecular weight is 422 g/mol. The van der Waals surface area contributed by atoms with Gasteiger partial charge in [-0.2, -0.15) is 4.98 Å². The summed E-state index contributed by atoms with van der Waals surface area (Å²) < 4.78 is 5.83. The molecule has 0 amide bonds. The van der Waals surface area contributed by atoms with Crippen LogP contribution in [0.4, 0.5) is 11.5 Å². The first kappa shape index (κ1) is 19.5. The molecule has 4 aromatic rings. The molecule has 0 radical (unpaired) electrons. The first-order chi connectivity index (χ1) is 14.5. The normalized spacial score (nSPS) is 10.7. The van der Waals surface area contributed by atoms with Gasteiger partial charge in [-0.1, -0.05) is 41.9 Å². The van der Waals surface area contributed by atoms with Gasteiger partial charge in [-0.3, -0.25) is 10.1 Å². The van der Waals surface area contributed by atoms with Crippen LogP contribution < -0.4 is 10.1 Å². The molecule has 0 saturated carbocycles. The fraction of sp³-hybridized carbons (Fsp3) is 0.0952. The van der Waals surface area contributed by atoms with Gasteiger partial charge < -0.3 is 10.1 Å². The number of benzene rings is 2. The van der Waals surface area contributed by atoms with E-state index in [-0.39, 0.29) is 17.4 Å². The van der Waals surface area contributed by atoms with Gasteiger partial charge in [0.25, 0.3) is 0 Å². The Hall–Kier alpha value is -3.78. The van der Waals surface area contributed by atoms with E-state index in [4.69, 9.17) is 16.3 Å². The number of rotatable bonds is 6. The van der Waals surface area contributed by atoms with Crippen LogP contribution in [0.15, 0.2) is 60.9 Å². The Labute approximate surface area is 176 Å². The zero-order chi connectivity index (χ0) is 21.1. The Morgan fingerprint density at radius 1 is 1.10 bits per heavy atom. The fourth-order valence-electron chi connectivity index (χ4n) is 2.92. The van der Waals surface area contributed by atoms with Gasteiger partial charge in [0.1, 0.15) is 11.8 Å². The smallest absolute Gasteiger partial charge is 0.373 e. The zero-order valence-corrected chi connectivity index (χ0v) is 16.6. The number of pyridine rings is 1. The zero-order valence-electron chi connectivity index (χ0n) is 15.9. The van der Waals surface area contributed by atoms with E-state index in [1.807, 2.05) is 37.3 Å². The SMILES string of the molecule is Cc1ccc2cccc(Oc3ncnc(NCc4ccc(Cl)cc4)c3[N+](=O)[O-])c2n1. The molecule has 2 aromatic carbocycles. The molecule has 0 saturated heterocycles. The van der Waals surface area contributed by atoms with E-state index in [1.54, 1.807) is 24.3 Å². The highest BCUT2D eigenvalue weighted by molar-refractivity contribution is 6.30. The number of para-hydroxylation sites is 1. The van der Waals surface area contributed by atoms with Gasteiger partial charge in [0.05, 0.1) is 4.92 Å². The number of hydrogen-bond donors (Lipinski definition) is 1. The third-order valence-electron chi connectivity index (χ3n) is 4.37. The van der Waals surface area contributed by atoms with E-state index in [1.165, 1.54) is 6.33 Å². The highest BCUT2D eigenvalue weighted by Crippen LogP contribution is 2.36. The van der Waals surface area contributed by atoms with Crippen molar-refractivity contribution < 1.29 is 9.66 Å². The van der Waals surface area contributed by atoms with E-state index >= 15 is 0 Å². The number of aryl methyl sites for hydroxylation is 1. The highest BCUT2D eigenvalue weighted by atomic mass is 35.5. The quantitative estimate of drug-likeness (QED) is 0.333. The van der Waals surface area contributed by atoms with Crippen molar-refractivity contribution in [3.8, 4) is 11.6 Å². The van der Waals surface area contributed by atoms with Gasteiger partial charge in [0.2, 0.25) is 5.82 Å². The minimum atomic E-state index is -0.566. The summed E-state index contributed by atoms with van der Waals surface area (Å²) in [6, 6.07) is 16.3. The number of nitrogens with one attached hydrogen (secondary N) is 1. The number of halogens is 1. The molecule has 0 unspecified atom stereocenters. The number of ether oxygens (including phenoxy) is 1. The number of hydrogen-bond acceptors (Lipinski definition) is 7. The molecule has 0 fully saturated rings. The molecule has 1 N–H and O–H groups in total. The summed E-state index contributed by atoms with van der Waals surface area (Å²) in [6.45, 7) is 2.19. The van der Waals surface area contributed by atoms with Crippen LogP contribution in [0, 0.1) is 17.0 Å². The second-order valence-corrected chi connectivity index (χ2v) is 6.93. The summed E-state index contributed by atoms with van der Waals surface area (Å²) in [5.74, 6) is 0.274. The number of nitrogens with zero attached hydrogens (tertiary/aromatic N) is 4. The minimum Gasteiger partial charge on any atom is -0.431 e. The molecular weight excluding hydrogens is 406 g/mol. The van der Waals surface area contributed by atoms with Gasteiger partial charge in [0, 0.05) is 22.6 Å². The Morgan fingerprint density at radius 2 is 1.90 bits per heavy atom. The van der Waals surface area contributed by atoms with Crippen LogP contribution in [-0.2, 0) is 6.54 Å². The topological polar surface area (TPSA) is 103 Å². The molecule has 0 aliphatic rings. The van der Waals surface area contributed by atoms with Crippen LogP contribution >= 0.6 is 11.6 Å². The number of anilines is 1. The third kappa shape index (κ3) is 4.13. The second-order valence-electron chi connectivity index (χ2n) is 6.50. The molecule has 2 aromatic heterocycles. The minimum absolute atomic E-state index is 0.0596. The van der Waals surface area contributed by atoms with Crippen molar-refractivity contribution in [3.63, 3.8) is 0 Å². The predicted octanol–water partition coefficient (Wildman–Crippen LogP) is 5.30. The lowest BCUT2D eigenvalue weighted by atomic mass is 10.2. The van der Waals surface area contributed by atoms with Gasteiger partial charge in [-0.15, -0.1) is 0 Å². The standard InChI is InChI=1S/C21H16ClN5O3/c1-13-5-8-15-3-2-4-17(18(15)26-13)30-21-19(27(28)29)20(24-12-25-21)23-11-14-6-9-16(22)10-7-14/h2-10,12H,11H2,1H3,(H,23,24,25). The van der Waals surface area contributed by atoms with Crippen molar-refractivity contribution >= 4 is 34.0 Å².